The molecule has 1 heterocycles. The van der Waals surface area contributed by atoms with Crippen molar-refractivity contribution in [2.24, 2.45) is 5.16 Å². The van der Waals surface area contributed by atoms with Crippen LogP contribution in [0, 0.1) is 0 Å². The summed E-state index contributed by atoms with van der Waals surface area (Å²) in [6, 6.07) is 16.8. The molecule has 2 unspecified atom stereocenters. The summed E-state index contributed by atoms with van der Waals surface area (Å²) in [5, 5.41) is 16.0. The number of hydrogen-bond donors (Lipinski definition) is 2. The fourth-order valence-electron chi connectivity index (χ4n) is 2.66. The molecule has 6 nitrogen and oxygen atoms in total. The molecule has 2 aromatic rings. The van der Waals surface area contributed by atoms with Crippen molar-refractivity contribution in [3.8, 4) is 0 Å². The van der Waals surface area contributed by atoms with Crippen molar-refractivity contribution in [2.75, 3.05) is 0 Å². The predicted octanol–water partition coefficient (Wildman–Crippen LogP) is 2.51. The molecular formula is C19H18N2O4. The summed E-state index contributed by atoms with van der Waals surface area (Å²) in [7, 11) is 0. The van der Waals surface area contributed by atoms with E-state index in [0.29, 0.717) is 11.3 Å². The highest BCUT2D eigenvalue weighted by atomic mass is 16.7. The van der Waals surface area contributed by atoms with Gasteiger partial charge in [-0.25, -0.2) is 4.79 Å². The Morgan fingerprint density at radius 2 is 1.72 bits per heavy atom. The van der Waals surface area contributed by atoms with Crippen molar-refractivity contribution in [1.82, 2.24) is 5.32 Å². The molecule has 0 saturated heterocycles. The van der Waals surface area contributed by atoms with Crippen LogP contribution < -0.4 is 5.32 Å². The molecule has 0 aromatic heterocycles. The third kappa shape index (κ3) is 3.52. The molecule has 3 rings (SSSR count). The van der Waals surface area contributed by atoms with Gasteiger partial charge in [0, 0.05) is 6.42 Å². The Hall–Kier alpha value is -3.15. The largest absolute Gasteiger partial charge is 0.479 e. The number of nitrogens with one attached hydrogen (secondary N) is 1. The SMILES string of the molecule is CC1(C(=O)NC(C(=O)O)c2ccccc2)CC(c2ccccc2)=NO1. The van der Waals surface area contributed by atoms with E-state index in [9.17, 15) is 14.7 Å². The van der Waals surface area contributed by atoms with E-state index in [1.807, 2.05) is 30.3 Å². The summed E-state index contributed by atoms with van der Waals surface area (Å²) in [5.74, 6) is -1.65. The third-order valence-corrected chi connectivity index (χ3v) is 4.10. The maximum absolute atomic E-state index is 12.7. The van der Waals surface area contributed by atoms with Crippen LogP contribution in [0.5, 0.6) is 0 Å². The highest BCUT2D eigenvalue weighted by Gasteiger charge is 2.43. The van der Waals surface area contributed by atoms with Crippen molar-refractivity contribution >= 4 is 17.6 Å². The molecule has 25 heavy (non-hydrogen) atoms. The summed E-state index contributed by atoms with van der Waals surface area (Å²) in [6.45, 7) is 1.60. The molecule has 1 amide bonds. The smallest absolute Gasteiger partial charge is 0.330 e. The number of benzene rings is 2. The van der Waals surface area contributed by atoms with Crippen molar-refractivity contribution in [3.05, 3.63) is 71.8 Å². The second kappa shape index (κ2) is 6.76. The number of oxime groups is 1. The second-order valence-corrected chi connectivity index (χ2v) is 6.06. The molecule has 0 spiro atoms. The van der Waals surface area contributed by atoms with Crippen LogP contribution in [-0.4, -0.2) is 28.3 Å². The van der Waals surface area contributed by atoms with Crippen molar-refractivity contribution in [3.63, 3.8) is 0 Å². The minimum atomic E-state index is -1.24. The predicted molar refractivity (Wildman–Crippen MR) is 92.0 cm³/mol. The van der Waals surface area contributed by atoms with Gasteiger partial charge < -0.3 is 15.3 Å². The number of hydrogen-bond acceptors (Lipinski definition) is 4. The van der Waals surface area contributed by atoms with Crippen LogP contribution >= 0.6 is 0 Å². The molecule has 6 heteroatoms. The summed E-state index contributed by atoms with van der Waals surface area (Å²) in [6.07, 6.45) is 0.268. The zero-order chi connectivity index (χ0) is 17.9. The number of aliphatic carboxylic acids is 1. The Labute approximate surface area is 145 Å². The highest BCUT2D eigenvalue weighted by molar-refractivity contribution is 6.05. The van der Waals surface area contributed by atoms with Crippen LogP contribution in [-0.2, 0) is 14.4 Å². The molecule has 0 radical (unpaired) electrons. The average Bonchev–Trinajstić information content (AvgIpc) is 3.04. The van der Waals surface area contributed by atoms with E-state index in [2.05, 4.69) is 10.5 Å². The number of carbonyl (C=O) groups excluding carboxylic acids is 1. The van der Waals surface area contributed by atoms with Crippen molar-refractivity contribution < 1.29 is 19.5 Å². The summed E-state index contributed by atoms with van der Waals surface area (Å²) >= 11 is 0. The third-order valence-electron chi connectivity index (χ3n) is 4.10. The van der Waals surface area contributed by atoms with E-state index < -0.39 is 23.5 Å². The van der Waals surface area contributed by atoms with Gasteiger partial charge in [-0.2, -0.15) is 0 Å². The van der Waals surface area contributed by atoms with E-state index >= 15 is 0 Å². The van der Waals surface area contributed by atoms with Crippen LogP contribution in [0.1, 0.15) is 30.5 Å². The zero-order valence-corrected chi connectivity index (χ0v) is 13.7. The summed E-state index contributed by atoms with van der Waals surface area (Å²) in [5.41, 5.74) is 0.782. The van der Waals surface area contributed by atoms with Crippen molar-refractivity contribution in [2.45, 2.75) is 25.0 Å². The first-order valence-corrected chi connectivity index (χ1v) is 7.89. The van der Waals surface area contributed by atoms with Gasteiger partial charge in [-0.15, -0.1) is 0 Å². The number of carbonyl (C=O) groups is 2. The van der Waals surface area contributed by atoms with Gasteiger partial charge in [0.2, 0.25) is 5.60 Å². The highest BCUT2D eigenvalue weighted by Crippen LogP contribution is 2.28. The van der Waals surface area contributed by atoms with Gasteiger partial charge in [0.15, 0.2) is 6.04 Å². The van der Waals surface area contributed by atoms with Crippen LogP contribution in [0.3, 0.4) is 0 Å². The van der Waals surface area contributed by atoms with Gasteiger partial charge in [0.05, 0.1) is 5.71 Å². The fraction of sp³-hybridized carbons (Fsp3) is 0.211. The molecular weight excluding hydrogens is 320 g/mol. The molecule has 128 valence electrons. The van der Waals surface area contributed by atoms with Gasteiger partial charge in [0.1, 0.15) is 0 Å². The maximum Gasteiger partial charge on any atom is 0.330 e. The van der Waals surface area contributed by atoms with Crippen LogP contribution in [0.25, 0.3) is 0 Å². The first-order valence-electron chi connectivity index (χ1n) is 7.89. The molecule has 2 aromatic carbocycles. The molecule has 0 fully saturated rings. The fourth-order valence-corrected chi connectivity index (χ4v) is 2.66. The lowest BCUT2D eigenvalue weighted by molar-refractivity contribution is -0.148. The van der Waals surface area contributed by atoms with Crippen molar-refractivity contribution in [1.29, 1.82) is 0 Å². The van der Waals surface area contributed by atoms with E-state index in [4.69, 9.17) is 4.84 Å². The normalized spacial score (nSPS) is 20.3. The summed E-state index contributed by atoms with van der Waals surface area (Å²) in [4.78, 5) is 29.6. The lowest BCUT2D eigenvalue weighted by Crippen LogP contribution is -2.47. The van der Waals surface area contributed by atoms with Crippen LogP contribution in [0.15, 0.2) is 65.8 Å². The number of rotatable bonds is 5. The molecule has 2 atom stereocenters. The number of carboxylic acid groups (broad SMARTS) is 1. The molecule has 1 aliphatic rings. The Kier molecular flexibility index (Phi) is 4.52. The zero-order valence-electron chi connectivity index (χ0n) is 13.7. The number of carboxylic acids is 1. The van der Waals surface area contributed by atoms with Crippen LogP contribution in [0.2, 0.25) is 0 Å². The first-order chi connectivity index (χ1) is 12.0. The monoisotopic (exact) mass is 338 g/mol. The first kappa shape index (κ1) is 16.7. The molecule has 0 aliphatic carbocycles. The van der Waals surface area contributed by atoms with Gasteiger partial charge >= 0.3 is 5.97 Å². The van der Waals surface area contributed by atoms with E-state index in [-0.39, 0.29) is 6.42 Å². The standard InChI is InChI=1S/C19H18N2O4/c1-19(12-15(21-25-19)13-8-4-2-5-9-13)18(24)20-16(17(22)23)14-10-6-3-7-11-14/h2-11,16H,12H2,1H3,(H,20,24)(H,22,23). The molecule has 0 bridgehead atoms. The summed E-state index contributed by atoms with van der Waals surface area (Å²) < 4.78 is 0. The van der Waals surface area contributed by atoms with E-state index in [1.165, 1.54) is 0 Å². The average molecular weight is 338 g/mol. The minimum absolute atomic E-state index is 0.268. The Balaban J connectivity index is 1.74. The Morgan fingerprint density at radius 3 is 2.32 bits per heavy atom. The van der Waals surface area contributed by atoms with E-state index in [1.54, 1.807) is 37.3 Å². The van der Waals surface area contributed by atoms with Gasteiger partial charge in [-0.3, -0.25) is 4.79 Å². The Morgan fingerprint density at radius 1 is 1.12 bits per heavy atom. The van der Waals surface area contributed by atoms with Gasteiger partial charge in [0.25, 0.3) is 5.91 Å². The maximum atomic E-state index is 12.7. The Bertz CT molecular complexity index is 805. The molecule has 0 saturated carbocycles. The van der Waals surface area contributed by atoms with Crippen LogP contribution in [0.4, 0.5) is 0 Å². The lowest BCUT2D eigenvalue weighted by atomic mass is 9.94. The quantitative estimate of drug-likeness (QED) is 0.877. The van der Waals surface area contributed by atoms with Gasteiger partial charge in [-0.05, 0) is 18.1 Å². The van der Waals surface area contributed by atoms with Gasteiger partial charge in [-0.1, -0.05) is 65.8 Å². The topological polar surface area (TPSA) is 88.0 Å². The number of amides is 1. The van der Waals surface area contributed by atoms with E-state index in [0.717, 1.165) is 5.56 Å². The molecule has 2 N–H and O–H groups in total. The lowest BCUT2D eigenvalue weighted by Gasteiger charge is -2.23. The number of nitrogens with zero attached hydrogens (tertiary/aromatic N) is 1. The molecule has 1 aliphatic heterocycles. The second-order valence-electron chi connectivity index (χ2n) is 6.06. The minimum Gasteiger partial charge on any atom is -0.479 e.